The lowest BCUT2D eigenvalue weighted by molar-refractivity contribution is -0.115. The molecule has 0 spiro atoms. The molecule has 2 aliphatic rings. The first-order chi connectivity index (χ1) is 20.5. The molecule has 1 N–H and O–H groups in total. The molecule has 8 heteroatoms. The molecule has 0 aliphatic carbocycles. The predicted octanol–water partition coefficient (Wildman–Crippen LogP) is 6.29. The van der Waals surface area contributed by atoms with Crippen LogP contribution in [0.3, 0.4) is 0 Å². The number of aliphatic imine (C=N–C) groups is 1. The van der Waals surface area contributed by atoms with Crippen LogP contribution in [-0.4, -0.2) is 41.0 Å². The SMILES string of the molecule is CCCC1=C(Cc2ccc(-c3ccccc3-c3noc(=O)[nH]3)cc2)C(=O)C(c2ccc(OC3CCOC3)cc2)C(C)=N1. The second-order valence-corrected chi connectivity index (χ2v) is 10.8. The molecule has 0 saturated carbocycles. The summed E-state index contributed by atoms with van der Waals surface area (Å²) in [5, 5.41) is 3.86. The fraction of sp³-hybridized carbons (Fsp3) is 0.294. The van der Waals surface area contributed by atoms with E-state index >= 15 is 0 Å². The zero-order chi connectivity index (χ0) is 29.1. The van der Waals surface area contributed by atoms with Crippen molar-refractivity contribution in [1.82, 2.24) is 10.1 Å². The molecular formula is C34H33N3O5. The summed E-state index contributed by atoms with van der Waals surface area (Å²) in [5.41, 5.74) is 7.07. The molecule has 3 heterocycles. The van der Waals surface area contributed by atoms with Gasteiger partial charge in [-0.2, -0.15) is 0 Å². The van der Waals surface area contributed by atoms with Crippen LogP contribution in [0.4, 0.5) is 0 Å². The maximum Gasteiger partial charge on any atom is 0.439 e. The van der Waals surface area contributed by atoms with Crippen LogP contribution in [0.5, 0.6) is 5.75 Å². The lowest BCUT2D eigenvalue weighted by Crippen LogP contribution is -2.27. The van der Waals surface area contributed by atoms with Gasteiger partial charge in [-0.25, -0.2) is 4.79 Å². The van der Waals surface area contributed by atoms with E-state index in [1.807, 2.05) is 79.7 Å². The molecule has 42 heavy (non-hydrogen) atoms. The summed E-state index contributed by atoms with van der Waals surface area (Å²) >= 11 is 0. The number of nitrogens with one attached hydrogen (secondary N) is 1. The van der Waals surface area contributed by atoms with Gasteiger partial charge in [-0.1, -0.05) is 79.2 Å². The number of aromatic amines is 1. The van der Waals surface area contributed by atoms with Crippen LogP contribution in [-0.2, 0) is 16.0 Å². The fourth-order valence-corrected chi connectivity index (χ4v) is 5.71. The normalized spacial score (nSPS) is 18.8. The van der Waals surface area contributed by atoms with Gasteiger partial charge >= 0.3 is 5.76 Å². The quantitative estimate of drug-likeness (QED) is 0.257. The average Bonchev–Trinajstić information content (AvgIpc) is 3.68. The minimum Gasteiger partial charge on any atom is -0.488 e. The minimum atomic E-state index is -0.594. The molecule has 8 nitrogen and oxygen atoms in total. The Morgan fingerprint density at radius 1 is 0.976 bits per heavy atom. The zero-order valence-electron chi connectivity index (χ0n) is 23.8. The molecule has 1 fully saturated rings. The summed E-state index contributed by atoms with van der Waals surface area (Å²) in [6.45, 7) is 5.39. The number of allylic oxidation sites excluding steroid dienone is 2. The number of H-pyrrole nitrogens is 1. The van der Waals surface area contributed by atoms with Gasteiger partial charge in [-0.05, 0) is 47.7 Å². The molecular weight excluding hydrogens is 530 g/mol. The average molecular weight is 564 g/mol. The molecule has 2 aliphatic heterocycles. The van der Waals surface area contributed by atoms with Crippen LogP contribution < -0.4 is 10.5 Å². The van der Waals surface area contributed by atoms with Crippen molar-refractivity contribution in [2.24, 2.45) is 4.99 Å². The van der Waals surface area contributed by atoms with Crippen LogP contribution >= 0.6 is 0 Å². The molecule has 0 amide bonds. The zero-order valence-corrected chi connectivity index (χ0v) is 23.8. The number of carbonyl (C=O) groups is 1. The third-order valence-electron chi connectivity index (χ3n) is 7.80. The summed E-state index contributed by atoms with van der Waals surface area (Å²) in [4.78, 5) is 33.2. The van der Waals surface area contributed by atoms with Crippen LogP contribution in [0, 0.1) is 0 Å². The van der Waals surface area contributed by atoms with Gasteiger partial charge in [0.2, 0.25) is 0 Å². The highest BCUT2D eigenvalue weighted by Crippen LogP contribution is 2.35. The number of hydrogen-bond donors (Lipinski definition) is 1. The number of nitrogens with zero attached hydrogens (tertiary/aromatic N) is 2. The lowest BCUT2D eigenvalue weighted by Gasteiger charge is -2.25. The number of aromatic nitrogens is 2. The molecule has 1 aromatic heterocycles. The van der Waals surface area contributed by atoms with Crippen LogP contribution in [0.15, 0.2) is 98.4 Å². The van der Waals surface area contributed by atoms with Crippen molar-refractivity contribution in [2.45, 2.75) is 51.6 Å². The van der Waals surface area contributed by atoms with E-state index in [9.17, 15) is 9.59 Å². The Kier molecular flexibility index (Phi) is 7.97. The van der Waals surface area contributed by atoms with E-state index in [1.54, 1.807) is 0 Å². The first-order valence-corrected chi connectivity index (χ1v) is 14.4. The van der Waals surface area contributed by atoms with Gasteiger partial charge in [0.05, 0.1) is 19.1 Å². The summed E-state index contributed by atoms with van der Waals surface area (Å²) < 4.78 is 16.1. The number of ketones is 1. The third-order valence-corrected chi connectivity index (χ3v) is 7.80. The smallest absolute Gasteiger partial charge is 0.439 e. The second kappa shape index (κ2) is 12.1. The molecule has 2 atom stereocenters. The summed E-state index contributed by atoms with van der Waals surface area (Å²) in [5.74, 6) is 0.260. The molecule has 1 saturated heterocycles. The number of ether oxygens (including phenoxy) is 2. The summed E-state index contributed by atoms with van der Waals surface area (Å²) in [6.07, 6.45) is 3.13. The first kappa shape index (κ1) is 27.6. The molecule has 0 radical (unpaired) electrons. The molecule has 6 rings (SSSR count). The first-order valence-electron chi connectivity index (χ1n) is 14.4. The van der Waals surface area contributed by atoms with Gasteiger partial charge < -0.3 is 9.47 Å². The molecule has 2 unspecified atom stereocenters. The number of hydrogen-bond acceptors (Lipinski definition) is 7. The van der Waals surface area contributed by atoms with Gasteiger partial charge in [0, 0.05) is 35.4 Å². The third kappa shape index (κ3) is 5.76. The Hall–Kier alpha value is -4.56. The number of carbonyl (C=O) groups excluding carboxylic acids is 1. The highest BCUT2D eigenvalue weighted by molar-refractivity contribution is 6.18. The Balaban J connectivity index is 1.24. The number of Topliss-reactive ketones (excluding diaryl/α,β-unsaturated/α-hetero) is 1. The monoisotopic (exact) mass is 563 g/mol. The highest BCUT2D eigenvalue weighted by Gasteiger charge is 2.32. The Bertz CT molecular complexity index is 1690. The van der Waals surface area contributed by atoms with Gasteiger partial charge in [-0.15, -0.1) is 0 Å². The van der Waals surface area contributed by atoms with E-state index in [0.717, 1.165) is 76.4 Å². The maximum absolute atomic E-state index is 14.1. The topological polar surface area (TPSA) is 107 Å². The standard InChI is InChI=1S/C34H33N3O5/c1-3-6-30-29(32(38)31(21(2)35-30)24-13-15-25(16-14-24)41-26-17-18-40-20-26)19-22-9-11-23(12-10-22)27-7-4-5-8-28(27)33-36-34(39)42-37-33/h4-5,7-16,26,31H,3,6,17-20H2,1-2H3,(H,36,37,39). The molecule has 214 valence electrons. The van der Waals surface area contributed by atoms with Crippen LogP contribution in [0.1, 0.15) is 50.2 Å². The van der Waals surface area contributed by atoms with Crippen molar-refractivity contribution in [1.29, 1.82) is 0 Å². The van der Waals surface area contributed by atoms with Crippen molar-refractivity contribution in [2.75, 3.05) is 13.2 Å². The second-order valence-electron chi connectivity index (χ2n) is 10.8. The largest absolute Gasteiger partial charge is 0.488 e. The number of benzene rings is 3. The van der Waals surface area contributed by atoms with E-state index in [2.05, 4.69) is 17.1 Å². The van der Waals surface area contributed by atoms with Crippen molar-refractivity contribution in [3.05, 3.63) is 106 Å². The Labute approximate surface area is 244 Å². The lowest BCUT2D eigenvalue weighted by atomic mass is 9.81. The van der Waals surface area contributed by atoms with Crippen LogP contribution in [0.2, 0.25) is 0 Å². The van der Waals surface area contributed by atoms with E-state index in [4.69, 9.17) is 19.0 Å². The van der Waals surface area contributed by atoms with Crippen molar-refractivity contribution in [3.63, 3.8) is 0 Å². The fourth-order valence-electron chi connectivity index (χ4n) is 5.71. The van der Waals surface area contributed by atoms with Gasteiger partial charge in [-0.3, -0.25) is 19.3 Å². The van der Waals surface area contributed by atoms with E-state index in [0.29, 0.717) is 18.9 Å². The van der Waals surface area contributed by atoms with Crippen molar-refractivity contribution < 1.29 is 18.8 Å². The van der Waals surface area contributed by atoms with Gasteiger partial charge in [0.1, 0.15) is 11.9 Å². The highest BCUT2D eigenvalue weighted by atomic mass is 16.5. The van der Waals surface area contributed by atoms with Crippen molar-refractivity contribution >= 4 is 11.5 Å². The summed E-state index contributed by atoms with van der Waals surface area (Å²) in [7, 11) is 0. The molecule has 0 bridgehead atoms. The summed E-state index contributed by atoms with van der Waals surface area (Å²) in [6, 6.07) is 23.7. The van der Waals surface area contributed by atoms with E-state index < -0.39 is 11.7 Å². The van der Waals surface area contributed by atoms with Gasteiger partial charge in [0.15, 0.2) is 11.6 Å². The van der Waals surface area contributed by atoms with E-state index in [-0.39, 0.29) is 11.9 Å². The maximum atomic E-state index is 14.1. The minimum absolute atomic E-state index is 0.0767. The Morgan fingerprint density at radius 2 is 1.74 bits per heavy atom. The predicted molar refractivity (Wildman–Crippen MR) is 161 cm³/mol. The van der Waals surface area contributed by atoms with Crippen molar-refractivity contribution in [3.8, 4) is 28.3 Å². The van der Waals surface area contributed by atoms with Gasteiger partial charge in [0.25, 0.3) is 0 Å². The number of rotatable bonds is 9. The van der Waals surface area contributed by atoms with E-state index in [1.165, 1.54) is 0 Å². The molecule has 4 aromatic rings. The van der Waals surface area contributed by atoms with Crippen LogP contribution in [0.25, 0.3) is 22.5 Å². The Morgan fingerprint density at radius 3 is 2.40 bits per heavy atom. The molecule has 3 aromatic carbocycles.